The predicted octanol–water partition coefficient (Wildman–Crippen LogP) is 3.88. The summed E-state index contributed by atoms with van der Waals surface area (Å²) in [5.41, 5.74) is 1.76. The van der Waals surface area contributed by atoms with Crippen LogP contribution in [0.2, 0.25) is 0 Å². The second kappa shape index (κ2) is 4.77. The van der Waals surface area contributed by atoms with Crippen molar-refractivity contribution in [2.24, 2.45) is 5.41 Å². The van der Waals surface area contributed by atoms with Crippen LogP contribution in [-0.4, -0.2) is 5.78 Å². The molecule has 1 rings (SSSR count). The van der Waals surface area contributed by atoms with Crippen LogP contribution < -0.4 is 0 Å². The lowest BCUT2D eigenvalue weighted by Gasteiger charge is -2.18. The van der Waals surface area contributed by atoms with Crippen molar-refractivity contribution in [2.45, 2.75) is 59.3 Å². The van der Waals surface area contributed by atoms with Crippen molar-refractivity contribution in [3.8, 4) is 0 Å². The molecule has 0 fully saturated rings. The normalized spacial score (nSPS) is 19.1. The Hall–Kier alpha value is -0.590. The molecule has 0 unspecified atom stereocenters. The summed E-state index contributed by atoms with van der Waals surface area (Å²) in [4.78, 5) is 11.3. The van der Waals surface area contributed by atoms with Gasteiger partial charge in [-0.15, -0.1) is 0 Å². The van der Waals surface area contributed by atoms with Gasteiger partial charge in [-0.05, 0) is 43.6 Å². The number of ketones is 1. The molecule has 0 aromatic heterocycles. The summed E-state index contributed by atoms with van der Waals surface area (Å²) >= 11 is 0. The van der Waals surface area contributed by atoms with Gasteiger partial charge in [0.05, 0.1) is 0 Å². The summed E-state index contributed by atoms with van der Waals surface area (Å²) in [7, 11) is 0. The molecule has 1 nitrogen and oxygen atoms in total. The minimum absolute atomic E-state index is 0.339. The molecule has 0 atom stereocenters. The average molecular weight is 194 g/mol. The Morgan fingerprint density at radius 1 is 1.21 bits per heavy atom. The quantitative estimate of drug-likeness (QED) is 0.652. The first-order valence-corrected chi connectivity index (χ1v) is 5.70. The molecule has 0 aromatic carbocycles. The van der Waals surface area contributed by atoms with Gasteiger partial charge in [0.2, 0.25) is 0 Å². The maximum Gasteiger partial charge on any atom is 0.155 e. The van der Waals surface area contributed by atoms with Crippen molar-refractivity contribution < 1.29 is 4.79 Å². The van der Waals surface area contributed by atoms with Gasteiger partial charge in [0, 0.05) is 6.42 Å². The van der Waals surface area contributed by atoms with Crippen LogP contribution in [0.4, 0.5) is 0 Å². The molecule has 1 heteroatoms. The van der Waals surface area contributed by atoms with Gasteiger partial charge < -0.3 is 0 Å². The van der Waals surface area contributed by atoms with Gasteiger partial charge in [-0.2, -0.15) is 0 Å². The number of hydrogen-bond donors (Lipinski definition) is 0. The van der Waals surface area contributed by atoms with Crippen LogP contribution in [0, 0.1) is 5.41 Å². The number of carbonyl (C=O) groups excluding carboxylic acids is 1. The molecule has 1 aliphatic carbocycles. The molecular formula is C13H22O. The van der Waals surface area contributed by atoms with Gasteiger partial charge in [0.15, 0.2) is 5.78 Å². The molecule has 0 spiro atoms. The SMILES string of the molecule is CC(C)(C)CCC1=CC(=O)CCCC1. The van der Waals surface area contributed by atoms with E-state index in [2.05, 4.69) is 20.8 Å². The van der Waals surface area contributed by atoms with Crippen molar-refractivity contribution in [3.05, 3.63) is 11.6 Å². The number of rotatable bonds is 2. The monoisotopic (exact) mass is 194 g/mol. The summed E-state index contributed by atoms with van der Waals surface area (Å²) in [5.74, 6) is 0.339. The summed E-state index contributed by atoms with van der Waals surface area (Å²) in [6.45, 7) is 6.77. The number of allylic oxidation sites excluding steroid dienone is 2. The van der Waals surface area contributed by atoms with E-state index in [-0.39, 0.29) is 0 Å². The number of hydrogen-bond acceptors (Lipinski definition) is 1. The highest BCUT2D eigenvalue weighted by Gasteiger charge is 2.13. The van der Waals surface area contributed by atoms with E-state index in [1.54, 1.807) is 0 Å². The summed E-state index contributed by atoms with van der Waals surface area (Å²) in [6.07, 6.45) is 8.37. The highest BCUT2D eigenvalue weighted by Crippen LogP contribution is 2.26. The van der Waals surface area contributed by atoms with Gasteiger partial charge in [0.25, 0.3) is 0 Å². The Bertz CT molecular complexity index is 230. The van der Waals surface area contributed by atoms with Gasteiger partial charge in [-0.1, -0.05) is 26.3 Å². The third-order valence-electron chi connectivity index (χ3n) is 2.73. The molecule has 0 amide bonds. The molecule has 0 saturated carbocycles. The van der Waals surface area contributed by atoms with E-state index in [1.165, 1.54) is 18.4 Å². The van der Waals surface area contributed by atoms with E-state index in [0.29, 0.717) is 11.2 Å². The van der Waals surface area contributed by atoms with Crippen LogP contribution >= 0.6 is 0 Å². The first-order valence-electron chi connectivity index (χ1n) is 5.70. The van der Waals surface area contributed by atoms with Crippen LogP contribution in [-0.2, 0) is 4.79 Å². The highest BCUT2D eigenvalue weighted by atomic mass is 16.1. The van der Waals surface area contributed by atoms with Crippen molar-refractivity contribution in [3.63, 3.8) is 0 Å². The van der Waals surface area contributed by atoms with Crippen molar-refractivity contribution in [2.75, 3.05) is 0 Å². The van der Waals surface area contributed by atoms with Crippen LogP contribution in [0.3, 0.4) is 0 Å². The maximum atomic E-state index is 11.3. The van der Waals surface area contributed by atoms with Crippen LogP contribution in [0.25, 0.3) is 0 Å². The van der Waals surface area contributed by atoms with Crippen LogP contribution in [0.1, 0.15) is 59.3 Å². The zero-order valence-corrected chi connectivity index (χ0v) is 9.73. The zero-order valence-electron chi connectivity index (χ0n) is 9.73. The van der Waals surface area contributed by atoms with E-state index < -0.39 is 0 Å². The summed E-state index contributed by atoms with van der Waals surface area (Å²) in [5, 5.41) is 0. The third-order valence-corrected chi connectivity index (χ3v) is 2.73. The number of carbonyl (C=O) groups is 1. The van der Waals surface area contributed by atoms with Crippen LogP contribution in [0.5, 0.6) is 0 Å². The predicted molar refractivity (Wildman–Crippen MR) is 60.2 cm³/mol. The average Bonchev–Trinajstić information content (AvgIpc) is 2.25. The van der Waals surface area contributed by atoms with Gasteiger partial charge in [0.1, 0.15) is 0 Å². The van der Waals surface area contributed by atoms with Crippen molar-refractivity contribution in [1.82, 2.24) is 0 Å². The van der Waals surface area contributed by atoms with E-state index in [4.69, 9.17) is 0 Å². The maximum absolute atomic E-state index is 11.3. The fourth-order valence-corrected chi connectivity index (χ4v) is 1.76. The van der Waals surface area contributed by atoms with Gasteiger partial charge in [-0.3, -0.25) is 4.79 Å². The van der Waals surface area contributed by atoms with E-state index in [9.17, 15) is 4.79 Å². The standard InChI is InChI=1S/C13H22O/c1-13(2,3)9-8-11-6-4-5-7-12(14)10-11/h10H,4-9H2,1-3H3. The fourth-order valence-electron chi connectivity index (χ4n) is 1.76. The Balaban J connectivity index is 2.46. The minimum Gasteiger partial charge on any atom is -0.295 e. The molecule has 0 aromatic rings. The second-order valence-electron chi connectivity index (χ2n) is 5.54. The molecule has 0 radical (unpaired) electrons. The molecule has 1 aliphatic rings. The lowest BCUT2D eigenvalue weighted by molar-refractivity contribution is -0.114. The first kappa shape index (κ1) is 11.5. The topological polar surface area (TPSA) is 17.1 Å². The van der Waals surface area contributed by atoms with Crippen LogP contribution in [0.15, 0.2) is 11.6 Å². The van der Waals surface area contributed by atoms with Gasteiger partial charge >= 0.3 is 0 Å². The largest absolute Gasteiger partial charge is 0.295 e. The summed E-state index contributed by atoms with van der Waals surface area (Å²) < 4.78 is 0. The molecular weight excluding hydrogens is 172 g/mol. The Morgan fingerprint density at radius 2 is 1.86 bits per heavy atom. The molecule has 0 bridgehead atoms. The molecule has 0 aliphatic heterocycles. The summed E-state index contributed by atoms with van der Waals surface area (Å²) in [6, 6.07) is 0. The lowest BCUT2D eigenvalue weighted by atomic mass is 9.88. The molecule has 0 saturated heterocycles. The molecule has 14 heavy (non-hydrogen) atoms. The fraction of sp³-hybridized carbons (Fsp3) is 0.769. The molecule has 0 N–H and O–H groups in total. The Kier molecular flexibility index (Phi) is 3.91. The van der Waals surface area contributed by atoms with E-state index >= 15 is 0 Å². The van der Waals surface area contributed by atoms with Crippen molar-refractivity contribution in [1.29, 1.82) is 0 Å². The van der Waals surface area contributed by atoms with E-state index in [1.807, 2.05) is 6.08 Å². The lowest BCUT2D eigenvalue weighted by Crippen LogP contribution is -2.05. The van der Waals surface area contributed by atoms with Gasteiger partial charge in [-0.25, -0.2) is 0 Å². The Labute approximate surface area is 87.6 Å². The molecule has 80 valence electrons. The van der Waals surface area contributed by atoms with E-state index in [0.717, 1.165) is 25.7 Å². The van der Waals surface area contributed by atoms with Crippen molar-refractivity contribution >= 4 is 5.78 Å². The second-order valence-corrected chi connectivity index (χ2v) is 5.54. The zero-order chi connectivity index (χ0) is 10.6. The Morgan fingerprint density at radius 3 is 2.50 bits per heavy atom. The smallest absolute Gasteiger partial charge is 0.155 e. The third kappa shape index (κ3) is 4.59. The highest BCUT2D eigenvalue weighted by molar-refractivity contribution is 5.90. The molecule has 0 heterocycles. The first-order chi connectivity index (χ1) is 6.47. The minimum atomic E-state index is 0.339.